The summed E-state index contributed by atoms with van der Waals surface area (Å²) in [7, 11) is 1.67. The fourth-order valence-corrected chi connectivity index (χ4v) is 4.61. The molecule has 1 aliphatic heterocycles. The second kappa shape index (κ2) is 7.89. The first-order chi connectivity index (χ1) is 16.2. The summed E-state index contributed by atoms with van der Waals surface area (Å²) in [6, 6.07) is 14.6. The number of allylic oxidation sites excluding steroid dienone is 1. The lowest BCUT2D eigenvalue weighted by Crippen LogP contribution is -2.26. The van der Waals surface area contributed by atoms with Crippen LogP contribution in [0, 0.1) is 6.92 Å². The van der Waals surface area contributed by atoms with E-state index in [4.69, 9.17) is 14.5 Å². The molecular weight excluding hydrogens is 412 g/mol. The van der Waals surface area contributed by atoms with Gasteiger partial charge in [0, 0.05) is 41.7 Å². The monoisotopic (exact) mass is 436 g/mol. The molecule has 0 atom stereocenters. The highest BCUT2D eigenvalue weighted by atomic mass is 16.5. The van der Waals surface area contributed by atoms with Crippen LogP contribution in [0.3, 0.4) is 0 Å². The van der Waals surface area contributed by atoms with Crippen LogP contribution >= 0.6 is 0 Å². The fraction of sp³-hybridized carbons (Fsp3) is 0.222. The van der Waals surface area contributed by atoms with Crippen LogP contribution in [-0.4, -0.2) is 35.2 Å². The maximum atomic E-state index is 6.11. The SMILES string of the molecule is COc1ccc2c(N3CCOc4ccc(-c5cnc6c(c5)C=CC6)cc4C3)nc(C)nc2c1. The molecule has 164 valence electrons. The van der Waals surface area contributed by atoms with E-state index in [9.17, 15) is 0 Å². The summed E-state index contributed by atoms with van der Waals surface area (Å²) >= 11 is 0. The summed E-state index contributed by atoms with van der Waals surface area (Å²) in [5, 5.41) is 1.01. The molecule has 0 fully saturated rings. The normalized spacial score (nSPS) is 14.5. The van der Waals surface area contributed by atoms with Gasteiger partial charge < -0.3 is 14.4 Å². The first-order valence-electron chi connectivity index (χ1n) is 11.2. The van der Waals surface area contributed by atoms with E-state index < -0.39 is 0 Å². The highest BCUT2D eigenvalue weighted by Gasteiger charge is 2.21. The molecule has 0 radical (unpaired) electrons. The van der Waals surface area contributed by atoms with Crippen LogP contribution in [0.5, 0.6) is 11.5 Å². The Morgan fingerprint density at radius 1 is 1.03 bits per heavy atom. The number of anilines is 1. The topological polar surface area (TPSA) is 60.4 Å². The predicted molar refractivity (Wildman–Crippen MR) is 130 cm³/mol. The van der Waals surface area contributed by atoms with Gasteiger partial charge in [-0.2, -0.15) is 0 Å². The van der Waals surface area contributed by atoms with Crippen molar-refractivity contribution in [2.45, 2.75) is 19.9 Å². The molecule has 2 aromatic carbocycles. The summed E-state index contributed by atoms with van der Waals surface area (Å²) in [5.41, 5.74) is 6.63. The standard InChI is InChI=1S/C27H24N4O2/c1-17-29-25-14-22(32-2)7-8-23(25)27(30-17)31-10-11-33-26-9-6-18(12-21(26)16-31)20-13-19-4-3-5-24(19)28-15-20/h3-4,6-9,12-15H,5,10-11,16H2,1-2H3. The van der Waals surface area contributed by atoms with Gasteiger partial charge in [-0.3, -0.25) is 4.98 Å². The Labute approximate surface area is 192 Å². The van der Waals surface area contributed by atoms with E-state index in [0.717, 1.165) is 69.4 Å². The molecule has 6 nitrogen and oxygen atoms in total. The van der Waals surface area contributed by atoms with Gasteiger partial charge in [0.15, 0.2) is 0 Å². The fourth-order valence-electron chi connectivity index (χ4n) is 4.61. The molecule has 0 N–H and O–H groups in total. The van der Waals surface area contributed by atoms with Gasteiger partial charge in [0.1, 0.15) is 29.7 Å². The third-order valence-corrected chi connectivity index (χ3v) is 6.28. The van der Waals surface area contributed by atoms with Gasteiger partial charge in [0.25, 0.3) is 0 Å². The van der Waals surface area contributed by atoms with Crippen molar-refractivity contribution >= 4 is 22.8 Å². The van der Waals surface area contributed by atoms with Gasteiger partial charge in [-0.25, -0.2) is 9.97 Å². The molecule has 6 heteroatoms. The van der Waals surface area contributed by atoms with Crippen molar-refractivity contribution in [1.82, 2.24) is 15.0 Å². The summed E-state index contributed by atoms with van der Waals surface area (Å²) in [6.45, 7) is 3.97. The third-order valence-electron chi connectivity index (χ3n) is 6.28. The number of rotatable bonds is 3. The Morgan fingerprint density at radius 2 is 1.97 bits per heavy atom. The third kappa shape index (κ3) is 3.57. The molecule has 1 aliphatic carbocycles. The molecule has 6 rings (SSSR count). The van der Waals surface area contributed by atoms with E-state index in [1.807, 2.05) is 31.3 Å². The first-order valence-corrected chi connectivity index (χ1v) is 11.2. The lowest BCUT2D eigenvalue weighted by molar-refractivity contribution is 0.331. The average Bonchev–Trinajstić information content (AvgIpc) is 3.20. The minimum Gasteiger partial charge on any atom is -0.497 e. The minimum absolute atomic E-state index is 0.595. The number of hydrogen-bond acceptors (Lipinski definition) is 6. The number of aromatic nitrogens is 3. The van der Waals surface area contributed by atoms with Crippen molar-refractivity contribution in [2.24, 2.45) is 0 Å². The first kappa shape index (κ1) is 19.7. The van der Waals surface area contributed by atoms with Crippen LogP contribution in [0.1, 0.15) is 22.6 Å². The molecule has 3 heterocycles. The second-order valence-electron chi connectivity index (χ2n) is 8.44. The molecule has 33 heavy (non-hydrogen) atoms. The van der Waals surface area contributed by atoms with Gasteiger partial charge >= 0.3 is 0 Å². The van der Waals surface area contributed by atoms with Crippen LogP contribution in [0.25, 0.3) is 28.1 Å². The number of pyridine rings is 1. The van der Waals surface area contributed by atoms with Gasteiger partial charge in [0.2, 0.25) is 0 Å². The van der Waals surface area contributed by atoms with Crippen LogP contribution < -0.4 is 14.4 Å². The van der Waals surface area contributed by atoms with Crippen molar-refractivity contribution in [3.8, 4) is 22.6 Å². The van der Waals surface area contributed by atoms with E-state index in [1.54, 1.807) is 7.11 Å². The number of aryl methyl sites for hydroxylation is 1. The number of methoxy groups -OCH3 is 1. The molecule has 0 saturated heterocycles. The number of ether oxygens (including phenoxy) is 2. The lowest BCUT2D eigenvalue weighted by Gasteiger charge is -2.23. The second-order valence-corrected chi connectivity index (χ2v) is 8.44. The van der Waals surface area contributed by atoms with Gasteiger partial charge in [-0.1, -0.05) is 18.2 Å². The minimum atomic E-state index is 0.595. The van der Waals surface area contributed by atoms with E-state index in [-0.39, 0.29) is 0 Å². The van der Waals surface area contributed by atoms with Gasteiger partial charge in [-0.15, -0.1) is 0 Å². The van der Waals surface area contributed by atoms with Gasteiger partial charge in [-0.05, 0) is 48.4 Å². The average molecular weight is 437 g/mol. The largest absolute Gasteiger partial charge is 0.497 e. The Hall–Kier alpha value is -3.93. The number of hydrogen-bond donors (Lipinski definition) is 0. The van der Waals surface area contributed by atoms with E-state index >= 15 is 0 Å². The zero-order valence-corrected chi connectivity index (χ0v) is 18.7. The van der Waals surface area contributed by atoms with Gasteiger partial charge in [0.05, 0.1) is 24.9 Å². The number of nitrogens with zero attached hydrogens (tertiary/aromatic N) is 4. The van der Waals surface area contributed by atoms with Crippen LogP contribution in [0.4, 0.5) is 5.82 Å². The highest BCUT2D eigenvalue weighted by molar-refractivity contribution is 5.90. The number of benzene rings is 2. The van der Waals surface area contributed by atoms with Crippen molar-refractivity contribution in [2.75, 3.05) is 25.2 Å². The Bertz CT molecular complexity index is 1410. The van der Waals surface area contributed by atoms with E-state index in [2.05, 4.69) is 51.3 Å². The zero-order chi connectivity index (χ0) is 22.4. The van der Waals surface area contributed by atoms with Crippen LogP contribution in [0.15, 0.2) is 54.7 Å². The quantitative estimate of drug-likeness (QED) is 0.452. The summed E-state index contributed by atoms with van der Waals surface area (Å²) in [4.78, 5) is 16.4. The van der Waals surface area contributed by atoms with E-state index in [1.165, 1.54) is 5.56 Å². The maximum Gasteiger partial charge on any atom is 0.140 e. The van der Waals surface area contributed by atoms with Crippen molar-refractivity contribution < 1.29 is 9.47 Å². The summed E-state index contributed by atoms with van der Waals surface area (Å²) in [5.74, 6) is 3.37. The number of fused-ring (bicyclic) bond motifs is 3. The molecule has 2 aromatic heterocycles. The lowest BCUT2D eigenvalue weighted by atomic mass is 10.0. The molecule has 0 bridgehead atoms. The molecule has 0 spiro atoms. The predicted octanol–water partition coefficient (Wildman–Crippen LogP) is 4.98. The summed E-state index contributed by atoms with van der Waals surface area (Å²) < 4.78 is 11.5. The Balaban J connectivity index is 1.39. The van der Waals surface area contributed by atoms with Crippen LogP contribution in [0.2, 0.25) is 0 Å². The molecule has 0 amide bonds. The van der Waals surface area contributed by atoms with Crippen molar-refractivity contribution in [3.63, 3.8) is 0 Å². The molecule has 0 unspecified atom stereocenters. The van der Waals surface area contributed by atoms with Crippen molar-refractivity contribution in [1.29, 1.82) is 0 Å². The molecule has 4 aromatic rings. The summed E-state index contributed by atoms with van der Waals surface area (Å²) in [6.07, 6.45) is 7.20. The van der Waals surface area contributed by atoms with Crippen LogP contribution in [-0.2, 0) is 13.0 Å². The Kier molecular flexibility index (Phi) is 4.72. The molecular formula is C27H24N4O2. The Morgan fingerprint density at radius 3 is 2.88 bits per heavy atom. The smallest absolute Gasteiger partial charge is 0.140 e. The highest BCUT2D eigenvalue weighted by Crippen LogP contribution is 2.34. The maximum absolute atomic E-state index is 6.11. The van der Waals surface area contributed by atoms with E-state index in [0.29, 0.717) is 13.2 Å². The molecule has 0 saturated carbocycles. The zero-order valence-electron chi connectivity index (χ0n) is 18.7. The van der Waals surface area contributed by atoms with Crippen molar-refractivity contribution in [3.05, 3.63) is 77.4 Å². The molecule has 2 aliphatic rings.